The Hall–Kier alpha value is -2.29. The molecule has 3 N–H and O–H groups in total. The average Bonchev–Trinajstić information content (AvgIpc) is 2.49. The lowest BCUT2D eigenvalue weighted by atomic mass is 10.2. The molecular formula is C13H15F3N2O4. The van der Waals surface area contributed by atoms with Gasteiger partial charge in [0.05, 0.1) is 12.6 Å². The average molecular weight is 320 g/mol. The smallest absolute Gasteiger partial charge is 0.445 e. The number of halogens is 3. The SMILES string of the molecule is O=C(NCC(CO)NC(=O)C(F)(F)F)OCc1ccccc1. The largest absolute Gasteiger partial charge is 0.471 e. The molecule has 0 aromatic heterocycles. The second-order valence-corrected chi connectivity index (χ2v) is 4.29. The van der Waals surface area contributed by atoms with Gasteiger partial charge in [0, 0.05) is 6.54 Å². The Balaban J connectivity index is 2.33. The molecule has 1 aromatic carbocycles. The summed E-state index contributed by atoms with van der Waals surface area (Å²) < 4.78 is 41.0. The minimum absolute atomic E-state index is 0.00856. The molecule has 0 heterocycles. The molecule has 1 rings (SSSR count). The predicted molar refractivity (Wildman–Crippen MR) is 69.7 cm³/mol. The van der Waals surface area contributed by atoms with E-state index < -0.39 is 37.4 Å². The molecule has 0 spiro atoms. The standard InChI is InChI=1S/C13H15F3N2O4/c14-13(15,16)11(20)18-10(7-19)6-17-12(21)22-8-9-4-2-1-3-5-9/h1-5,10,19H,6-8H2,(H,17,21)(H,18,20). The number of carbonyl (C=O) groups is 2. The highest BCUT2D eigenvalue weighted by Crippen LogP contribution is 2.14. The first kappa shape index (κ1) is 17.8. The number of rotatable bonds is 6. The highest BCUT2D eigenvalue weighted by atomic mass is 19.4. The normalized spacial score (nSPS) is 12.4. The fourth-order valence-corrected chi connectivity index (χ4v) is 1.41. The van der Waals surface area contributed by atoms with Crippen LogP contribution in [-0.2, 0) is 16.1 Å². The van der Waals surface area contributed by atoms with E-state index in [1.807, 2.05) is 0 Å². The number of aliphatic hydroxyl groups is 1. The van der Waals surface area contributed by atoms with Crippen LogP contribution in [0.2, 0.25) is 0 Å². The summed E-state index contributed by atoms with van der Waals surface area (Å²) in [4.78, 5) is 22.1. The second-order valence-electron chi connectivity index (χ2n) is 4.29. The van der Waals surface area contributed by atoms with Gasteiger partial charge in [-0.15, -0.1) is 0 Å². The van der Waals surface area contributed by atoms with Gasteiger partial charge in [-0.1, -0.05) is 30.3 Å². The molecule has 0 radical (unpaired) electrons. The predicted octanol–water partition coefficient (Wildman–Crippen LogP) is 0.952. The second kappa shape index (κ2) is 8.23. The fourth-order valence-electron chi connectivity index (χ4n) is 1.41. The summed E-state index contributed by atoms with van der Waals surface area (Å²) in [5, 5.41) is 12.6. The van der Waals surface area contributed by atoms with Crippen LogP contribution in [0.25, 0.3) is 0 Å². The van der Waals surface area contributed by atoms with Gasteiger partial charge >= 0.3 is 18.2 Å². The first-order valence-electron chi connectivity index (χ1n) is 6.26. The molecule has 0 aliphatic rings. The van der Waals surface area contributed by atoms with Crippen molar-refractivity contribution < 1.29 is 32.6 Å². The minimum Gasteiger partial charge on any atom is -0.445 e. The summed E-state index contributed by atoms with van der Waals surface area (Å²) in [7, 11) is 0. The molecule has 1 aromatic rings. The van der Waals surface area contributed by atoms with Crippen LogP contribution >= 0.6 is 0 Å². The molecule has 9 heteroatoms. The van der Waals surface area contributed by atoms with Crippen molar-refractivity contribution in [1.29, 1.82) is 0 Å². The summed E-state index contributed by atoms with van der Waals surface area (Å²) in [5.41, 5.74) is 0.738. The number of ether oxygens (including phenoxy) is 1. The van der Waals surface area contributed by atoms with E-state index in [-0.39, 0.29) is 6.61 Å². The van der Waals surface area contributed by atoms with Gasteiger partial charge in [-0.25, -0.2) is 4.79 Å². The first-order chi connectivity index (χ1) is 10.3. The van der Waals surface area contributed by atoms with Crippen molar-refractivity contribution >= 4 is 12.0 Å². The number of alkyl carbamates (subject to hydrolysis) is 1. The number of hydrogen-bond donors (Lipinski definition) is 3. The van der Waals surface area contributed by atoms with Crippen molar-refractivity contribution in [3.8, 4) is 0 Å². The van der Waals surface area contributed by atoms with Crippen LogP contribution in [0.3, 0.4) is 0 Å². The monoisotopic (exact) mass is 320 g/mol. The number of aliphatic hydroxyl groups excluding tert-OH is 1. The third kappa shape index (κ3) is 6.44. The molecule has 0 aliphatic carbocycles. The van der Waals surface area contributed by atoms with E-state index in [4.69, 9.17) is 9.84 Å². The van der Waals surface area contributed by atoms with Crippen molar-refractivity contribution in [2.45, 2.75) is 18.8 Å². The summed E-state index contributed by atoms with van der Waals surface area (Å²) in [6, 6.07) is 7.49. The van der Waals surface area contributed by atoms with E-state index in [0.717, 1.165) is 5.56 Å². The lowest BCUT2D eigenvalue weighted by Crippen LogP contribution is -2.50. The maximum atomic E-state index is 12.0. The van der Waals surface area contributed by atoms with Gasteiger partial charge in [-0.2, -0.15) is 13.2 Å². The summed E-state index contributed by atoms with van der Waals surface area (Å²) in [6.45, 7) is -1.17. The third-order valence-electron chi connectivity index (χ3n) is 2.52. The van der Waals surface area contributed by atoms with E-state index in [9.17, 15) is 22.8 Å². The quantitative estimate of drug-likeness (QED) is 0.728. The van der Waals surface area contributed by atoms with Gasteiger partial charge in [-0.05, 0) is 5.56 Å². The van der Waals surface area contributed by atoms with Crippen LogP contribution in [0.15, 0.2) is 30.3 Å². The Morgan fingerprint density at radius 3 is 2.41 bits per heavy atom. The number of alkyl halides is 3. The maximum Gasteiger partial charge on any atom is 0.471 e. The van der Waals surface area contributed by atoms with Gasteiger partial charge in [0.25, 0.3) is 0 Å². The van der Waals surface area contributed by atoms with Gasteiger partial charge < -0.3 is 20.5 Å². The fraction of sp³-hybridized carbons (Fsp3) is 0.385. The molecule has 0 saturated carbocycles. The molecule has 1 atom stereocenters. The van der Waals surface area contributed by atoms with Crippen molar-refractivity contribution in [1.82, 2.24) is 10.6 Å². The highest BCUT2D eigenvalue weighted by molar-refractivity contribution is 5.82. The molecule has 22 heavy (non-hydrogen) atoms. The molecule has 0 saturated heterocycles. The minimum atomic E-state index is -5.05. The van der Waals surface area contributed by atoms with Crippen LogP contribution in [0.1, 0.15) is 5.56 Å². The zero-order valence-corrected chi connectivity index (χ0v) is 11.4. The van der Waals surface area contributed by atoms with Crippen LogP contribution in [-0.4, -0.2) is 42.5 Å². The summed E-state index contributed by atoms with van der Waals surface area (Å²) in [6.07, 6.45) is -5.93. The molecular weight excluding hydrogens is 305 g/mol. The van der Waals surface area contributed by atoms with Gasteiger partial charge in [0.15, 0.2) is 0 Å². The molecule has 2 amide bonds. The lowest BCUT2D eigenvalue weighted by Gasteiger charge is -2.17. The van der Waals surface area contributed by atoms with Crippen LogP contribution in [0, 0.1) is 0 Å². The number of hydrogen-bond acceptors (Lipinski definition) is 4. The summed E-state index contributed by atoms with van der Waals surface area (Å²) >= 11 is 0. The molecule has 122 valence electrons. The van der Waals surface area contributed by atoms with Crippen molar-refractivity contribution in [2.24, 2.45) is 0 Å². The molecule has 1 unspecified atom stereocenters. The molecule has 0 fully saturated rings. The van der Waals surface area contributed by atoms with Crippen LogP contribution in [0.5, 0.6) is 0 Å². The Labute approximate surface area is 124 Å². The number of amides is 2. The number of nitrogens with one attached hydrogen (secondary N) is 2. The molecule has 0 bridgehead atoms. The zero-order chi connectivity index (χ0) is 16.6. The zero-order valence-electron chi connectivity index (χ0n) is 11.4. The van der Waals surface area contributed by atoms with Gasteiger partial charge in [-0.3, -0.25) is 4.79 Å². The number of benzene rings is 1. The van der Waals surface area contributed by atoms with Crippen molar-refractivity contribution in [3.63, 3.8) is 0 Å². The van der Waals surface area contributed by atoms with E-state index in [1.54, 1.807) is 35.6 Å². The Morgan fingerprint density at radius 2 is 1.86 bits per heavy atom. The Kier molecular flexibility index (Phi) is 6.64. The van der Waals surface area contributed by atoms with Crippen LogP contribution in [0.4, 0.5) is 18.0 Å². The van der Waals surface area contributed by atoms with Gasteiger partial charge in [0.1, 0.15) is 6.61 Å². The first-order valence-corrected chi connectivity index (χ1v) is 6.26. The maximum absolute atomic E-state index is 12.0. The lowest BCUT2D eigenvalue weighted by molar-refractivity contribution is -0.174. The van der Waals surface area contributed by atoms with E-state index >= 15 is 0 Å². The Bertz CT molecular complexity index is 494. The molecule has 6 nitrogen and oxygen atoms in total. The van der Waals surface area contributed by atoms with E-state index in [2.05, 4.69) is 5.32 Å². The third-order valence-corrected chi connectivity index (χ3v) is 2.52. The molecule has 0 aliphatic heterocycles. The van der Waals surface area contributed by atoms with Crippen molar-refractivity contribution in [3.05, 3.63) is 35.9 Å². The van der Waals surface area contributed by atoms with E-state index in [1.165, 1.54) is 0 Å². The van der Waals surface area contributed by atoms with E-state index in [0.29, 0.717) is 0 Å². The Morgan fingerprint density at radius 1 is 1.23 bits per heavy atom. The van der Waals surface area contributed by atoms with Crippen LogP contribution < -0.4 is 10.6 Å². The summed E-state index contributed by atoms with van der Waals surface area (Å²) in [5.74, 6) is -2.19. The highest BCUT2D eigenvalue weighted by Gasteiger charge is 2.39. The van der Waals surface area contributed by atoms with Gasteiger partial charge in [0.2, 0.25) is 0 Å². The van der Waals surface area contributed by atoms with Crippen molar-refractivity contribution in [2.75, 3.05) is 13.2 Å². The number of carbonyl (C=O) groups excluding carboxylic acids is 2. The topological polar surface area (TPSA) is 87.7 Å².